The summed E-state index contributed by atoms with van der Waals surface area (Å²) < 4.78 is 0. The molecule has 0 saturated carbocycles. The Morgan fingerprint density at radius 1 is 1.29 bits per heavy atom. The predicted octanol–water partition coefficient (Wildman–Crippen LogP) is 2.17. The van der Waals surface area contributed by atoms with E-state index in [0.29, 0.717) is 12.5 Å². The number of anilines is 1. The first-order chi connectivity index (χ1) is 10.1. The molecule has 1 aromatic carbocycles. The summed E-state index contributed by atoms with van der Waals surface area (Å²) in [5, 5.41) is 6.43. The van der Waals surface area contributed by atoms with Crippen LogP contribution in [0, 0.1) is 19.8 Å². The summed E-state index contributed by atoms with van der Waals surface area (Å²) in [5.41, 5.74) is 3.19. The molecule has 0 radical (unpaired) electrons. The third-order valence-corrected chi connectivity index (χ3v) is 4.19. The lowest BCUT2D eigenvalue weighted by Crippen LogP contribution is -2.37. The molecule has 0 unspecified atom stereocenters. The zero-order chi connectivity index (χ0) is 15.2. The number of hydrogen-bond acceptors (Lipinski definition) is 3. The normalized spacial score (nSPS) is 16.2. The highest BCUT2D eigenvalue weighted by molar-refractivity contribution is 5.93. The number of aryl methyl sites for hydroxylation is 2. The van der Waals surface area contributed by atoms with Gasteiger partial charge in [0.15, 0.2) is 0 Å². The van der Waals surface area contributed by atoms with Crippen molar-refractivity contribution in [2.45, 2.75) is 26.7 Å². The summed E-state index contributed by atoms with van der Waals surface area (Å²) in [6, 6.07) is 6.08. The van der Waals surface area contributed by atoms with Crippen molar-refractivity contribution in [3.05, 3.63) is 29.3 Å². The maximum atomic E-state index is 12.2. The quantitative estimate of drug-likeness (QED) is 0.873. The molecule has 21 heavy (non-hydrogen) atoms. The summed E-state index contributed by atoms with van der Waals surface area (Å²) in [4.78, 5) is 14.3. The first kappa shape index (κ1) is 16.0. The van der Waals surface area contributed by atoms with E-state index in [1.165, 1.54) is 12.8 Å². The number of para-hydroxylation sites is 1. The molecule has 0 bridgehead atoms. The minimum absolute atomic E-state index is 0.0730. The van der Waals surface area contributed by atoms with Crippen LogP contribution in [-0.2, 0) is 4.79 Å². The van der Waals surface area contributed by atoms with Gasteiger partial charge in [0.25, 0.3) is 0 Å². The van der Waals surface area contributed by atoms with Gasteiger partial charge in [0.05, 0.1) is 6.54 Å². The predicted molar refractivity (Wildman–Crippen MR) is 87.6 cm³/mol. The van der Waals surface area contributed by atoms with Crippen LogP contribution in [0.1, 0.15) is 24.0 Å². The smallest absolute Gasteiger partial charge is 0.238 e. The third kappa shape index (κ3) is 4.83. The van der Waals surface area contributed by atoms with Crippen LogP contribution in [0.5, 0.6) is 0 Å². The van der Waals surface area contributed by atoms with Gasteiger partial charge in [0.1, 0.15) is 0 Å². The Morgan fingerprint density at radius 2 is 1.90 bits per heavy atom. The number of benzene rings is 1. The molecule has 2 N–H and O–H groups in total. The molecule has 1 fully saturated rings. The van der Waals surface area contributed by atoms with Crippen LogP contribution in [0.3, 0.4) is 0 Å². The molecule has 1 aliphatic rings. The molecule has 1 amide bonds. The summed E-state index contributed by atoms with van der Waals surface area (Å²) >= 11 is 0. The van der Waals surface area contributed by atoms with Gasteiger partial charge < -0.3 is 10.6 Å². The number of carbonyl (C=O) groups is 1. The van der Waals surface area contributed by atoms with Gasteiger partial charge in [-0.1, -0.05) is 18.2 Å². The standard InChI is InChI=1S/C17H27N3O/c1-13-5-4-6-14(2)17(13)19-16(21)12-20(3)11-15-7-9-18-10-8-15/h4-6,15,18H,7-12H2,1-3H3,(H,19,21). The molecule has 1 saturated heterocycles. The SMILES string of the molecule is Cc1cccc(C)c1NC(=O)CN(C)CC1CCNCC1. The van der Waals surface area contributed by atoms with E-state index in [9.17, 15) is 4.79 Å². The third-order valence-electron chi connectivity index (χ3n) is 4.19. The number of nitrogens with zero attached hydrogens (tertiary/aromatic N) is 1. The second-order valence-corrected chi connectivity index (χ2v) is 6.21. The van der Waals surface area contributed by atoms with E-state index in [4.69, 9.17) is 0 Å². The summed E-state index contributed by atoms with van der Waals surface area (Å²) in [5.74, 6) is 0.785. The molecule has 4 nitrogen and oxygen atoms in total. The Balaban J connectivity index is 1.83. The molecule has 1 heterocycles. The molecule has 0 aromatic heterocycles. The molecular weight excluding hydrogens is 262 g/mol. The molecule has 116 valence electrons. The highest BCUT2D eigenvalue weighted by Crippen LogP contribution is 2.19. The first-order valence-corrected chi connectivity index (χ1v) is 7.81. The van der Waals surface area contributed by atoms with Crippen LogP contribution in [-0.4, -0.2) is 44.0 Å². The molecule has 0 atom stereocenters. The van der Waals surface area contributed by atoms with E-state index in [0.717, 1.165) is 36.4 Å². The van der Waals surface area contributed by atoms with E-state index < -0.39 is 0 Å². The van der Waals surface area contributed by atoms with Gasteiger partial charge in [-0.2, -0.15) is 0 Å². The Kier molecular flexibility index (Phi) is 5.76. The van der Waals surface area contributed by atoms with Gasteiger partial charge >= 0.3 is 0 Å². The lowest BCUT2D eigenvalue weighted by molar-refractivity contribution is -0.117. The van der Waals surface area contributed by atoms with E-state index in [1.54, 1.807) is 0 Å². The van der Waals surface area contributed by atoms with E-state index in [-0.39, 0.29) is 5.91 Å². The second-order valence-electron chi connectivity index (χ2n) is 6.21. The van der Waals surface area contributed by atoms with Crippen molar-refractivity contribution >= 4 is 11.6 Å². The van der Waals surface area contributed by atoms with Gasteiger partial charge in [-0.05, 0) is 63.9 Å². The number of likely N-dealkylation sites (N-methyl/N-ethyl adjacent to an activating group) is 1. The lowest BCUT2D eigenvalue weighted by Gasteiger charge is -2.27. The lowest BCUT2D eigenvalue weighted by atomic mass is 9.98. The van der Waals surface area contributed by atoms with Crippen molar-refractivity contribution in [2.24, 2.45) is 5.92 Å². The van der Waals surface area contributed by atoms with Crippen molar-refractivity contribution in [1.29, 1.82) is 0 Å². The molecule has 0 aliphatic carbocycles. The fourth-order valence-electron chi connectivity index (χ4n) is 3.01. The topological polar surface area (TPSA) is 44.4 Å². The summed E-state index contributed by atoms with van der Waals surface area (Å²) in [6.07, 6.45) is 2.42. The van der Waals surface area contributed by atoms with Gasteiger partial charge in [0.2, 0.25) is 5.91 Å². The Labute approximate surface area is 127 Å². The summed E-state index contributed by atoms with van der Waals surface area (Å²) in [7, 11) is 2.03. The zero-order valence-corrected chi connectivity index (χ0v) is 13.4. The van der Waals surface area contributed by atoms with Crippen LogP contribution in [0.2, 0.25) is 0 Å². The van der Waals surface area contributed by atoms with Crippen molar-refractivity contribution < 1.29 is 4.79 Å². The van der Waals surface area contributed by atoms with Crippen LogP contribution in [0.15, 0.2) is 18.2 Å². The first-order valence-electron chi connectivity index (χ1n) is 7.81. The maximum Gasteiger partial charge on any atom is 0.238 e. The largest absolute Gasteiger partial charge is 0.324 e. The zero-order valence-electron chi connectivity index (χ0n) is 13.4. The van der Waals surface area contributed by atoms with Gasteiger partial charge in [-0.25, -0.2) is 0 Å². The number of piperidine rings is 1. The second kappa shape index (κ2) is 7.57. The molecule has 1 aliphatic heterocycles. The van der Waals surface area contributed by atoms with E-state index in [1.807, 2.05) is 39.1 Å². The fraction of sp³-hybridized carbons (Fsp3) is 0.588. The Hall–Kier alpha value is -1.39. The minimum Gasteiger partial charge on any atom is -0.324 e. The number of amides is 1. The van der Waals surface area contributed by atoms with Gasteiger partial charge in [-0.15, -0.1) is 0 Å². The van der Waals surface area contributed by atoms with Crippen molar-refractivity contribution in [1.82, 2.24) is 10.2 Å². The summed E-state index contributed by atoms with van der Waals surface area (Å²) in [6.45, 7) is 7.72. The van der Waals surface area contributed by atoms with Crippen LogP contribution < -0.4 is 10.6 Å². The molecular formula is C17H27N3O. The van der Waals surface area contributed by atoms with Crippen molar-refractivity contribution in [3.8, 4) is 0 Å². The number of rotatable bonds is 5. The fourth-order valence-corrected chi connectivity index (χ4v) is 3.01. The molecule has 0 spiro atoms. The molecule has 4 heteroatoms. The molecule has 2 rings (SSSR count). The number of carbonyl (C=O) groups excluding carboxylic acids is 1. The van der Waals surface area contributed by atoms with E-state index >= 15 is 0 Å². The average Bonchev–Trinajstić information content (AvgIpc) is 2.44. The highest BCUT2D eigenvalue weighted by atomic mass is 16.2. The minimum atomic E-state index is 0.0730. The van der Waals surface area contributed by atoms with Crippen LogP contribution in [0.4, 0.5) is 5.69 Å². The number of nitrogens with one attached hydrogen (secondary N) is 2. The highest BCUT2D eigenvalue weighted by Gasteiger charge is 2.17. The van der Waals surface area contributed by atoms with Gasteiger partial charge in [0, 0.05) is 12.2 Å². The molecule has 1 aromatic rings. The number of hydrogen-bond donors (Lipinski definition) is 2. The Morgan fingerprint density at radius 3 is 2.52 bits per heavy atom. The van der Waals surface area contributed by atoms with Crippen molar-refractivity contribution in [2.75, 3.05) is 38.5 Å². The van der Waals surface area contributed by atoms with Crippen molar-refractivity contribution in [3.63, 3.8) is 0 Å². The monoisotopic (exact) mass is 289 g/mol. The Bertz CT molecular complexity index is 461. The maximum absolute atomic E-state index is 12.2. The average molecular weight is 289 g/mol. The van der Waals surface area contributed by atoms with Gasteiger partial charge in [-0.3, -0.25) is 9.69 Å². The van der Waals surface area contributed by atoms with Crippen LogP contribution >= 0.6 is 0 Å². The van der Waals surface area contributed by atoms with Crippen LogP contribution in [0.25, 0.3) is 0 Å². The van der Waals surface area contributed by atoms with E-state index in [2.05, 4.69) is 15.5 Å².